The molecule has 152 valence electrons. The Morgan fingerprint density at radius 1 is 1.22 bits per heavy atom. The van der Waals surface area contributed by atoms with Crippen molar-refractivity contribution >= 4 is 34.0 Å². The quantitative estimate of drug-likeness (QED) is 0.632. The molecule has 6 nitrogen and oxygen atoms in total. The lowest BCUT2D eigenvalue weighted by Gasteiger charge is -2.35. The number of nitrogens with two attached hydrogens (primary N) is 1. The molecule has 2 aliphatic carbocycles. The fraction of sp³-hybridized carbons (Fsp3) is 0.611. The third kappa shape index (κ3) is 5.63. The molecule has 27 heavy (non-hydrogen) atoms. The number of anilines is 1. The minimum atomic E-state index is -3.93. The molecule has 2 fully saturated rings. The van der Waals surface area contributed by atoms with E-state index in [1.165, 1.54) is 12.1 Å². The molecular formula is C18H27ClFN3O3S. The van der Waals surface area contributed by atoms with Crippen LogP contribution in [0.5, 0.6) is 0 Å². The Balaban J connectivity index is 0.00000261. The molecule has 9 heteroatoms. The third-order valence-corrected chi connectivity index (χ3v) is 6.82. The molecule has 2 aliphatic rings. The number of hydrogen-bond acceptors (Lipinski definition) is 4. The predicted octanol–water partition coefficient (Wildman–Crippen LogP) is 2.93. The van der Waals surface area contributed by atoms with Gasteiger partial charge in [-0.2, -0.15) is 0 Å². The summed E-state index contributed by atoms with van der Waals surface area (Å²) in [5.74, 6) is -1.05. The summed E-state index contributed by atoms with van der Waals surface area (Å²) in [5.41, 5.74) is 6.00. The van der Waals surface area contributed by atoms with E-state index in [-0.39, 0.29) is 35.5 Å². The van der Waals surface area contributed by atoms with Crippen LogP contribution >= 0.6 is 12.4 Å². The number of rotatable bonds is 7. The zero-order chi connectivity index (χ0) is 18.8. The van der Waals surface area contributed by atoms with E-state index in [0.717, 1.165) is 51.0 Å². The van der Waals surface area contributed by atoms with Crippen molar-refractivity contribution in [3.8, 4) is 0 Å². The van der Waals surface area contributed by atoms with Crippen LogP contribution in [0.15, 0.2) is 23.1 Å². The minimum Gasteiger partial charge on any atom is -0.330 e. The lowest BCUT2D eigenvalue weighted by molar-refractivity contribution is -0.118. The van der Waals surface area contributed by atoms with Crippen molar-refractivity contribution in [3.05, 3.63) is 24.0 Å². The number of hydrogen-bond donors (Lipinski definition) is 3. The first kappa shape index (κ1) is 22.1. The van der Waals surface area contributed by atoms with E-state index in [1.54, 1.807) is 0 Å². The van der Waals surface area contributed by atoms with Crippen molar-refractivity contribution < 1.29 is 17.6 Å². The monoisotopic (exact) mass is 419 g/mol. The Morgan fingerprint density at radius 3 is 2.48 bits per heavy atom. The normalized spacial score (nSPS) is 19.2. The van der Waals surface area contributed by atoms with Gasteiger partial charge >= 0.3 is 0 Å². The average Bonchev–Trinajstić information content (AvgIpc) is 3.40. The largest absolute Gasteiger partial charge is 0.330 e. The van der Waals surface area contributed by atoms with Gasteiger partial charge in [-0.3, -0.25) is 4.79 Å². The first-order valence-electron chi connectivity index (χ1n) is 9.15. The zero-order valence-corrected chi connectivity index (χ0v) is 16.8. The van der Waals surface area contributed by atoms with Gasteiger partial charge in [0.25, 0.3) is 0 Å². The van der Waals surface area contributed by atoms with E-state index < -0.39 is 20.7 Å². The van der Waals surface area contributed by atoms with Gasteiger partial charge in [-0.25, -0.2) is 17.5 Å². The standard InChI is InChI=1S/C18H26FN3O3S.ClH/c19-15-7-6-14(10-16(15)26(24,25)22-13-4-5-13)21-17(23)11-18(12-20)8-2-1-3-9-18;/h6-7,10,13,22H,1-5,8-9,11-12,20H2,(H,21,23);1H. The number of sulfonamides is 1. The van der Waals surface area contributed by atoms with Gasteiger partial charge in [0.2, 0.25) is 15.9 Å². The molecule has 0 heterocycles. The lowest BCUT2D eigenvalue weighted by Crippen LogP contribution is -2.36. The van der Waals surface area contributed by atoms with E-state index in [4.69, 9.17) is 5.73 Å². The van der Waals surface area contributed by atoms with Gasteiger partial charge in [-0.05, 0) is 55.8 Å². The number of halogens is 2. The molecule has 0 radical (unpaired) electrons. The summed E-state index contributed by atoms with van der Waals surface area (Å²) in [6, 6.07) is 3.50. The van der Waals surface area contributed by atoms with Gasteiger partial charge in [0, 0.05) is 18.2 Å². The molecule has 0 saturated heterocycles. The summed E-state index contributed by atoms with van der Waals surface area (Å²) in [4.78, 5) is 12.0. The Bertz CT molecular complexity index is 778. The highest BCUT2D eigenvalue weighted by Gasteiger charge is 2.33. The van der Waals surface area contributed by atoms with E-state index in [1.807, 2.05) is 0 Å². The Labute approximate surface area is 165 Å². The van der Waals surface area contributed by atoms with E-state index in [2.05, 4.69) is 10.0 Å². The molecule has 0 aromatic heterocycles. The first-order valence-corrected chi connectivity index (χ1v) is 10.6. The van der Waals surface area contributed by atoms with E-state index in [0.29, 0.717) is 13.0 Å². The number of nitrogens with one attached hydrogen (secondary N) is 2. The topological polar surface area (TPSA) is 101 Å². The summed E-state index contributed by atoms with van der Waals surface area (Å²) in [6.45, 7) is 0.453. The summed E-state index contributed by atoms with van der Waals surface area (Å²) in [7, 11) is -3.93. The maximum Gasteiger partial charge on any atom is 0.243 e. The van der Waals surface area contributed by atoms with Gasteiger partial charge in [0.15, 0.2) is 0 Å². The SMILES string of the molecule is Cl.NCC1(CC(=O)Nc2ccc(F)c(S(=O)(=O)NC3CC3)c2)CCCCC1. The molecule has 0 aliphatic heterocycles. The second-order valence-corrected chi connectivity index (χ2v) is 9.21. The highest BCUT2D eigenvalue weighted by atomic mass is 35.5. The van der Waals surface area contributed by atoms with Crippen LogP contribution < -0.4 is 15.8 Å². The van der Waals surface area contributed by atoms with Crippen molar-refractivity contribution in [2.75, 3.05) is 11.9 Å². The van der Waals surface area contributed by atoms with Crippen LogP contribution in [-0.2, 0) is 14.8 Å². The number of carbonyl (C=O) groups excluding carboxylic acids is 1. The van der Waals surface area contributed by atoms with Crippen LogP contribution in [0, 0.1) is 11.2 Å². The molecular weight excluding hydrogens is 393 g/mol. The van der Waals surface area contributed by atoms with Crippen molar-refractivity contribution in [2.24, 2.45) is 11.1 Å². The zero-order valence-electron chi connectivity index (χ0n) is 15.2. The molecule has 0 atom stereocenters. The molecule has 0 unspecified atom stereocenters. The second-order valence-electron chi connectivity index (χ2n) is 7.53. The Kier molecular flexibility index (Phi) is 7.24. The molecule has 3 rings (SSSR count). The molecule has 0 spiro atoms. The van der Waals surface area contributed by atoms with Gasteiger partial charge in [-0.1, -0.05) is 19.3 Å². The van der Waals surface area contributed by atoms with Crippen molar-refractivity contribution in [3.63, 3.8) is 0 Å². The maximum absolute atomic E-state index is 14.0. The van der Waals surface area contributed by atoms with Crippen molar-refractivity contribution in [1.82, 2.24) is 4.72 Å². The molecule has 1 amide bonds. The highest BCUT2D eigenvalue weighted by molar-refractivity contribution is 7.89. The lowest BCUT2D eigenvalue weighted by atomic mass is 9.71. The predicted molar refractivity (Wildman–Crippen MR) is 105 cm³/mol. The molecule has 0 bridgehead atoms. The number of amides is 1. The summed E-state index contributed by atoms with van der Waals surface area (Å²) in [6.07, 6.45) is 6.96. The Morgan fingerprint density at radius 2 is 1.89 bits per heavy atom. The molecule has 1 aromatic rings. The summed E-state index contributed by atoms with van der Waals surface area (Å²) >= 11 is 0. The molecule has 2 saturated carbocycles. The summed E-state index contributed by atoms with van der Waals surface area (Å²) < 4.78 is 41.0. The van der Waals surface area contributed by atoms with Gasteiger partial charge < -0.3 is 11.1 Å². The average molecular weight is 420 g/mol. The van der Waals surface area contributed by atoms with Gasteiger partial charge in [0.1, 0.15) is 10.7 Å². The van der Waals surface area contributed by atoms with E-state index >= 15 is 0 Å². The first-order chi connectivity index (χ1) is 12.3. The second kappa shape index (κ2) is 8.86. The van der Waals surface area contributed by atoms with Gasteiger partial charge in [-0.15, -0.1) is 12.4 Å². The van der Waals surface area contributed by atoms with Crippen molar-refractivity contribution in [1.29, 1.82) is 0 Å². The van der Waals surface area contributed by atoms with Crippen LogP contribution in [0.2, 0.25) is 0 Å². The summed E-state index contributed by atoms with van der Waals surface area (Å²) in [5, 5.41) is 2.70. The highest BCUT2D eigenvalue weighted by Crippen LogP contribution is 2.38. The fourth-order valence-electron chi connectivity index (χ4n) is 3.57. The van der Waals surface area contributed by atoms with Crippen molar-refractivity contribution in [2.45, 2.75) is 62.3 Å². The van der Waals surface area contributed by atoms with Crippen LogP contribution in [-0.4, -0.2) is 26.9 Å². The smallest absolute Gasteiger partial charge is 0.243 e. The molecule has 1 aromatic carbocycles. The van der Waals surface area contributed by atoms with Crippen LogP contribution in [0.3, 0.4) is 0 Å². The van der Waals surface area contributed by atoms with E-state index in [9.17, 15) is 17.6 Å². The number of benzene rings is 1. The maximum atomic E-state index is 14.0. The van der Waals surface area contributed by atoms with Gasteiger partial charge in [0.05, 0.1) is 0 Å². The fourth-order valence-corrected chi connectivity index (χ4v) is 4.98. The molecule has 4 N–H and O–H groups in total. The number of carbonyl (C=O) groups is 1. The van der Waals surface area contributed by atoms with Crippen LogP contribution in [0.1, 0.15) is 51.4 Å². The van der Waals surface area contributed by atoms with Crippen LogP contribution in [0.4, 0.5) is 10.1 Å². The minimum absolute atomic E-state index is 0. The van der Waals surface area contributed by atoms with Crippen LogP contribution in [0.25, 0.3) is 0 Å². The third-order valence-electron chi connectivity index (χ3n) is 5.29. The Hall–Kier alpha value is -1.22.